The summed E-state index contributed by atoms with van der Waals surface area (Å²) >= 11 is 0. The molecule has 0 radical (unpaired) electrons. The number of aromatic nitrogens is 4. The molecule has 0 atom stereocenters. The van der Waals surface area contributed by atoms with Gasteiger partial charge in [0.2, 0.25) is 0 Å². The lowest BCUT2D eigenvalue weighted by molar-refractivity contribution is 0.102. The van der Waals surface area contributed by atoms with Crippen LogP contribution >= 0.6 is 0 Å². The van der Waals surface area contributed by atoms with Gasteiger partial charge >= 0.3 is 0 Å². The molecule has 196 valence electrons. The fourth-order valence-corrected chi connectivity index (χ4v) is 4.95. The van der Waals surface area contributed by atoms with E-state index >= 15 is 0 Å². The lowest BCUT2D eigenvalue weighted by Crippen LogP contribution is -2.29. The number of carbonyl (C=O) groups is 1. The molecule has 0 saturated carbocycles. The van der Waals surface area contributed by atoms with E-state index in [1.807, 2.05) is 12.1 Å². The maximum absolute atomic E-state index is 13.5. The number of hydrogen-bond donors (Lipinski definition) is 3. The first-order chi connectivity index (χ1) is 19.0. The lowest BCUT2D eigenvalue weighted by atomic mass is 10.1. The first-order valence-corrected chi connectivity index (χ1v) is 13.0. The van der Waals surface area contributed by atoms with E-state index in [-0.39, 0.29) is 11.7 Å². The predicted octanol–water partition coefficient (Wildman–Crippen LogP) is 5.65. The van der Waals surface area contributed by atoms with Crippen LogP contribution in [0, 0.1) is 5.82 Å². The second-order valence-corrected chi connectivity index (χ2v) is 9.81. The van der Waals surface area contributed by atoms with E-state index in [2.05, 4.69) is 37.3 Å². The Balaban J connectivity index is 1.26. The Morgan fingerprint density at radius 1 is 1.00 bits per heavy atom. The van der Waals surface area contributed by atoms with Crippen molar-refractivity contribution >= 4 is 28.4 Å². The molecule has 4 N–H and O–H groups in total. The van der Waals surface area contributed by atoms with Crippen LogP contribution in [0.2, 0.25) is 0 Å². The van der Waals surface area contributed by atoms with Crippen molar-refractivity contribution in [3.05, 3.63) is 89.9 Å². The summed E-state index contributed by atoms with van der Waals surface area (Å²) in [4.78, 5) is 32.3. The molecule has 0 bridgehead atoms. The number of imidazole rings is 1. The predicted molar refractivity (Wildman–Crippen MR) is 150 cm³/mol. The van der Waals surface area contributed by atoms with E-state index in [1.165, 1.54) is 37.0 Å². The number of nitrogens with two attached hydrogens (primary N) is 1. The number of hydrogen-bond acceptors (Lipinski definition) is 6. The topological polar surface area (TPSA) is 113 Å². The molecule has 39 heavy (non-hydrogen) atoms. The fourth-order valence-electron chi connectivity index (χ4n) is 4.95. The lowest BCUT2D eigenvalue weighted by Gasteiger charge is -2.26. The Morgan fingerprint density at radius 2 is 1.85 bits per heavy atom. The summed E-state index contributed by atoms with van der Waals surface area (Å²) in [6.45, 7) is 3.19. The highest BCUT2D eigenvalue weighted by molar-refractivity contribution is 6.06. The first kappa shape index (κ1) is 24.7. The van der Waals surface area contributed by atoms with E-state index in [4.69, 9.17) is 10.7 Å². The van der Waals surface area contributed by atoms with Crippen molar-refractivity contribution in [2.24, 2.45) is 0 Å². The van der Waals surface area contributed by atoms with Crippen LogP contribution in [0.5, 0.6) is 0 Å². The third-order valence-corrected chi connectivity index (χ3v) is 6.93. The van der Waals surface area contributed by atoms with Gasteiger partial charge in [-0.1, -0.05) is 30.7 Å². The molecule has 1 amide bonds. The molecule has 5 aromatic rings. The summed E-state index contributed by atoms with van der Waals surface area (Å²) in [7, 11) is 0. The number of benzene rings is 3. The number of H-pyrrole nitrogens is 1. The van der Waals surface area contributed by atoms with Crippen LogP contribution in [0.1, 0.15) is 35.2 Å². The maximum Gasteiger partial charge on any atom is 0.255 e. The molecule has 0 spiro atoms. The molecule has 3 aromatic carbocycles. The summed E-state index contributed by atoms with van der Waals surface area (Å²) in [5.41, 5.74) is 11.6. The summed E-state index contributed by atoms with van der Waals surface area (Å²) in [6.07, 6.45) is 5.49. The number of fused-ring (bicyclic) bond motifs is 1. The number of likely N-dealkylation sites (tertiary alicyclic amines) is 1. The second-order valence-electron chi connectivity index (χ2n) is 9.81. The Kier molecular flexibility index (Phi) is 6.73. The monoisotopic (exact) mass is 521 g/mol. The molecule has 1 aliphatic rings. The average molecular weight is 522 g/mol. The standard InChI is InChI=1S/C30H28FN7O/c31-22-8-5-9-23(16-22)34-30(39)21-10-11-24-25(15-21)37-29(36-24)27-28(32)33-17-26(35-27)20-7-4-6-19(14-20)18-38-12-2-1-3-13-38/h4-11,14-17H,1-3,12-13,18H2,(H2,32,33)(H,34,39)(H,36,37). The second kappa shape index (κ2) is 10.6. The largest absolute Gasteiger partial charge is 0.382 e. The van der Waals surface area contributed by atoms with Crippen LogP contribution < -0.4 is 11.1 Å². The van der Waals surface area contributed by atoms with Gasteiger partial charge in [0.05, 0.1) is 22.9 Å². The maximum atomic E-state index is 13.5. The highest BCUT2D eigenvalue weighted by Crippen LogP contribution is 2.27. The first-order valence-electron chi connectivity index (χ1n) is 13.0. The molecule has 6 rings (SSSR count). The quantitative estimate of drug-likeness (QED) is 0.266. The Labute approximate surface area is 225 Å². The minimum Gasteiger partial charge on any atom is -0.382 e. The number of nitrogens with one attached hydrogen (secondary N) is 2. The Morgan fingerprint density at radius 3 is 2.69 bits per heavy atom. The summed E-state index contributed by atoms with van der Waals surface area (Å²) in [5, 5.41) is 2.70. The van der Waals surface area contributed by atoms with Crippen LogP contribution in [0.4, 0.5) is 15.9 Å². The van der Waals surface area contributed by atoms with Gasteiger partial charge in [-0.2, -0.15) is 0 Å². The van der Waals surface area contributed by atoms with Crippen LogP contribution in [-0.2, 0) is 6.54 Å². The third kappa shape index (κ3) is 5.49. The zero-order valence-electron chi connectivity index (χ0n) is 21.3. The molecular formula is C30H28FN7O. The minimum absolute atomic E-state index is 0.256. The number of halogens is 1. The van der Waals surface area contributed by atoms with Gasteiger partial charge < -0.3 is 16.0 Å². The molecule has 1 aliphatic heterocycles. The molecule has 9 heteroatoms. The van der Waals surface area contributed by atoms with Gasteiger partial charge in [0.15, 0.2) is 11.6 Å². The van der Waals surface area contributed by atoms with E-state index in [1.54, 1.807) is 36.5 Å². The normalized spacial score (nSPS) is 14.0. The molecule has 3 heterocycles. The Hall–Kier alpha value is -4.63. The van der Waals surface area contributed by atoms with Gasteiger partial charge in [-0.25, -0.2) is 19.3 Å². The van der Waals surface area contributed by atoms with Gasteiger partial charge in [-0.15, -0.1) is 0 Å². The third-order valence-electron chi connectivity index (χ3n) is 6.93. The van der Waals surface area contributed by atoms with Crippen molar-refractivity contribution in [2.75, 3.05) is 24.1 Å². The number of nitrogen functional groups attached to an aromatic ring is 1. The van der Waals surface area contributed by atoms with Crippen LogP contribution in [-0.4, -0.2) is 43.8 Å². The molecule has 1 fully saturated rings. The molecule has 1 saturated heterocycles. The molecular weight excluding hydrogens is 493 g/mol. The number of amides is 1. The molecule has 8 nitrogen and oxygen atoms in total. The molecule has 2 aromatic heterocycles. The number of piperidine rings is 1. The number of anilines is 2. The summed E-state index contributed by atoms with van der Waals surface area (Å²) in [6, 6.07) is 19.2. The van der Waals surface area contributed by atoms with E-state index in [0.29, 0.717) is 34.0 Å². The van der Waals surface area contributed by atoms with Gasteiger partial charge in [0.25, 0.3) is 5.91 Å². The summed E-state index contributed by atoms with van der Waals surface area (Å²) in [5.74, 6) is -0.0667. The van der Waals surface area contributed by atoms with Gasteiger partial charge in [0, 0.05) is 23.4 Å². The highest BCUT2D eigenvalue weighted by Gasteiger charge is 2.16. The smallest absolute Gasteiger partial charge is 0.255 e. The summed E-state index contributed by atoms with van der Waals surface area (Å²) < 4.78 is 13.5. The van der Waals surface area contributed by atoms with Gasteiger partial charge in [-0.05, 0) is 74.0 Å². The highest BCUT2D eigenvalue weighted by atomic mass is 19.1. The fraction of sp³-hybridized carbons (Fsp3) is 0.200. The van der Waals surface area contributed by atoms with Crippen molar-refractivity contribution < 1.29 is 9.18 Å². The zero-order chi connectivity index (χ0) is 26.8. The van der Waals surface area contributed by atoms with E-state index < -0.39 is 5.82 Å². The van der Waals surface area contributed by atoms with Crippen molar-refractivity contribution in [3.8, 4) is 22.8 Å². The van der Waals surface area contributed by atoms with Crippen LogP contribution in [0.15, 0.2) is 72.9 Å². The van der Waals surface area contributed by atoms with Gasteiger partial charge in [0.1, 0.15) is 11.5 Å². The zero-order valence-corrected chi connectivity index (χ0v) is 21.3. The van der Waals surface area contributed by atoms with Crippen molar-refractivity contribution in [1.82, 2.24) is 24.8 Å². The molecule has 0 aliphatic carbocycles. The van der Waals surface area contributed by atoms with E-state index in [9.17, 15) is 9.18 Å². The van der Waals surface area contributed by atoms with Crippen molar-refractivity contribution in [1.29, 1.82) is 0 Å². The Bertz CT molecular complexity index is 1660. The minimum atomic E-state index is -0.421. The number of carbonyl (C=O) groups excluding carboxylic acids is 1. The number of rotatable bonds is 6. The van der Waals surface area contributed by atoms with Gasteiger partial charge in [-0.3, -0.25) is 9.69 Å². The number of aromatic amines is 1. The SMILES string of the molecule is Nc1ncc(-c2cccc(CN3CCCCC3)c2)nc1-c1nc2cc(C(=O)Nc3cccc(F)c3)ccc2[nH]1. The average Bonchev–Trinajstić information content (AvgIpc) is 3.37. The number of nitrogens with zero attached hydrogens (tertiary/aromatic N) is 4. The molecule has 0 unspecified atom stereocenters. The van der Waals surface area contributed by atoms with Crippen LogP contribution in [0.3, 0.4) is 0 Å². The van der Waals surface area contributed by atoms with Crippen molar-refractivity contribution in [2.45, 2.75) is 25.8 Å². The van der Waals surface area contributed by atoms with E-state index in [0.717, 1.165) is 30.7 Å². The van der Waals surface area contributed by atoms with Crippen molar-refractivity contribution in [3.63, 3.8) is 0 Å². The van der Waals surface area contributed by atoms with Crippen LogP contribution in [0.25, 0.3) is 33.8 Å².